The van der Waals surface area contributed by atoms with Gasteiger partial charge in [-0.1, -0.05) is 61.0 Å². The van der Waals surface area contributed by atoms with Gasteiger partial charge < -0.3 is 25.5 Å². The highest BCUT2D eigenvalue weighted by Crippen LogP contribution is 2.27. The first-order chi connectivity index (χ1) is 20.4. The molecule has 252 valence electrons. The smallest absolute Gasteiger partial charge is 0.249 e. The van der Waals surface area contributed by atoms with Crippen LogP contribution in [-0.2, 0) is 19.2 Å². The molecule has 0 saturated carbocycles. The number of nitrogens with one attached hydrogen (secondary N) is 2. The van der Waals surface area contributed by atoms with Crippen LogP contribution in [-0.4, -0.2) is 106 Å². The van der Waals surface area contributed by atoms with Crippen molar-refractivity contribution in [3.63, 3.8) is 0 Å². The molecule has 0 bridgehead atoms. The minimum atomic E-state index is -0.742. The van der Waals surface area contributed by atoms with Crippen molar-refractivity contribution >= 4 is 23.6 Å². The van der Waals surface area contributed by atoms with E-state index in [1.165, 1.54) is 0 Å². The molecule has 1 unspecified atom stereocenters. The van der Waals surface area contributed by atoms with Gasteiger partial charge in [0.2, 0.25) is 23.6 Å². The number of carbonyl (C=O) groups excluding carboxylic acids is 4. The van der Waals surface area contributed by atoms with Crippen molar-refractivity contribution in [3.05, 3.63) is 11.6 Å². The third kappa shape index (κ3) is 9.52. The first-order valence-electron chi connectivity index (χ1n) is 16.7. The summed E-state index contributed by atoms with van der Waals surface area (Å²) in [5.74, 6) is -0.730. The minimum Gasteiger partial charge on any atom is -0.394 e. The highest BCUT2D eigenvalue weighted by atomic mass is 16.3. The zero-order valence-electron chi connectivity index (χ0n) is 29.3. The summed E-state index contributed by atoms with van der Waals surface area (Å²) in [7, 11) is 1.74. The number of amides is 4. The van der Waals surface area contributed by atoms with Crippen LogP contribution in [0.25, 0.3) is 0 Å². The number of nitrogens with zero attached hydrogens (tertiary/aromatic N) is 3. The van der Waals surface area contributed by atoms with Gasteiger partial charge in [-0.05, 0) is 70.3 Å². The van der Waals surface area contributed by atoms with Crippen LogP contribution in [0.1, 0.15) is 101 Å². The molecule has 0 aliphatic carbocycles. The molecule has 2 fully saturated rings. The molecule has 2 rings (SSSR count). The topological polar surface area (TPSA) is 122 Å². The van der Waals surface area contributed by atoms with Crippen molar-refractivity contribution in [2.75, 3.05) is 26.7 Å². The highest BCUT2D eigenvalue weighted by Gasteiger charge is 2.40. The van der Waals surface area contributed by atoms with E-state index in [0.717, 1.165) is 32.2 Å². The Labute approximate surface area is 266 Å². The number of aliphatic hydroxyl groups is 1. The predicted octanol–water partition coefficient (Wildman–Crippen LogP) is 3.33. The fraction of sp³-hybridized carbons (Fsp3) is 0.824. The second-order valence-corrected chi connectivity index (χ2v) is 14.9. The lowest BCUT2D eigenvalue weighted by atomic mass is 9.84. The van der Waals surface area contributed by atoms with Gasteiger partial charge in [-0.2, -0.15) is 0 Å². The van der Waals surface area contributed by atoms with Crippen LogP contribution >= 0.6 is 0 Å². The number of likely N-dealkylation sites (N-methyl/N-ethyl adjacent to an activating group) is 1. The van der Waals surface area contributed by atoms with Crippen LogP contribution in [0.4, 0.5) is 0 Å². The predicted molar refractivity (Wildman–Crippen MR) is 175 cm³/mol. The maximum Gasteiger partial charge on any atom is 0.249 e. The number of aliphatic hydroxyl groups excluding tert-OH is 1. The molecule has 0 aromatic carbocycles. The standard InChI is InChI=1S/C34H61N5O5/c1-21(2)25(20-40)35-30(41)27-16-14-18-39(27)32(43)24(7)19-28(22(3)4)37(11)33(44)29(34(8,9)10)36-31(42)26-15-12-13-17-38(26)23(5)6/h19,21-23,25-29,40H,12-18,20H2,1-11H3,(H,35,41)(H,36,42)/b24-19+/t25-,26?,27-,28+,29+/m0/s1. The Kier molecular flexibility index (Phi) is 13.9. The van der Waals surface area contributed by atoms with Crippen molar-refractivity contribution < 1.29 is 24.3 Å². The molecule has 2 aliphatic rings. The summed E-state index contributed by atoms with van der Waals surface area (Å²) < 4.78 is 0. The number of likely N-dealkylation sites (tertiary alicyclic amines) is 2. The Morgan fingerprint density at radius 3 is 2.00 bits per heavy atom. The average Bonchev–Trinajstić information content (AvgIpc) is 3.45. The van der Waals surface area contributed by atoms with E-state index in [1.807, 2.05) is 54.5 Å². The van der Waals surface area contributed by atoms with Crippen molar-refractivity contribution in [1.82, 2.24) is 25.3 Å². The van der Waals surface area contributed by atoms with Gasteiger partial charge in [0.15, 0.2) is 0 Å². The van der Waals surface area contributed by atoms with Crippen LogP contribution < -0.4 is 10.6 Å². The SMILES string of the molecule is C/C(=C\[C@H](C(C)C)N(C)C(=O)[C@@H](NC(=O)C1CCCCN1C(C)C)C(C)(C)C)C(=O)N1CCC[C@H]1C(=O)N[C@@H](CO)C(C)C. The van der Waals surface area contributed by atoms with Crippen LogP contribution in [0.3, 0.4) is 0 Å². The summed E-state index contributed by atoms with van der Waals surface area (Å²) in [6.45, 7) is 20.9. The van der Waals surface area contributed by atoms with E-state index in [4.69, 9.17) is 0 Å². The van der Waals surface area contributed by atoms with Crippen LogP contribution in [0.15, 0.2) is 11.6 Å². The highest BCUT2D eigenvalue weighted by molar-refractivity contribution is 5.97. The van der Waals surface area contributed by atoms with Gasteiger partial charge in [0.05, 0.1) is 24.7 Å². The second kappa shape index (κ2) is 16.2. The van der Waals surface area contributed by atoms with E-state index in [1.54, 1.807) is 23.8 Å². The molecule has 10 heteroatoms. The van der Waals surface area contributed by atoms with Gasteiger partial charge in [0.1, 0.15) is 12.1 Å². The molecular formula is C34H61N5O5. The number of carbonyl (C=O) groups is 4. The lowest BCUT2D eigenvalue weighted by Gasteiger charge is -2.41. The lowest BCUT2D eigenvalue weighted by Crippen LogP contribution is -2.60. The summed E-state index contributed by atoms with van der Waals surface area (Å²) in [4.78, 5) is 59.9. The van der Waals surface area contributed by atoms with Crippen molar-refractivity contribution in [2.24, 2.45) is 17.3 Å². The molecule has 4 amide bonds. The quantitative estimate of drug-likeness (QED) is 0.288. The summed E-state index contributed by atoms with van der Waals surface area (Å²) in [6, 6.07) is -2.13. The largest absolute Gasteiger partial charge is 0.394 e. The minimum absolute atomic E-state index is 0.00757. The van der Waals surface area contributed by atoms with Gasteiger partial charge in [0, 0.05) is 25.2 Å². The van der Waals surface area contributed by atoms with Crippen LogP contribution in [0.2, 0.25) is 0 Å². The van der Waals surface area contributed by atoms with Gasteiger partial charge in [0.25, 0.3) is 0 Å². The third-order valence-electron chi connectivity index (χ3n) is 9.29. The van der Waals surface area contributed by atoms with E-state index in [9.17, 15) is 24.3 Å². The van der Waals surface area contributed by atoms with Crippen LogP contribution in [0, 0.1) is 17.3 Å². The monoisotopic (exact) mass is 619 g/mol. The summed E-state index contributed by atoms with van der Waals surface area (Å²) in [6.07, 6.45) is 5.94. The zero-order valence-corrected chi connectivity index (χ0v) is 29.3. The molecule has 2 heterocycles. The van der Waals surface area contributed by atoms with E-state index < -0.39 is 23.5 Å². The Balaban J connectivity index is 2.26. The Bertz CT molecular complexity index is 1030. The number of rotatable bonds is 12. The van der Waals surface area contributed by atoms with Crippen molar-refractivity contribution in [2.45, 2.75) is 138 Å². The molecule has 0 spiro atoms. The maximum absolute atomic E-state index is 14.1. The van der Waals surface area contributed by atoms with E-state index >= 15 is 0 Å². The van der Waals surface area contributed by atoms with Crippen molar-refractivity contribution in [3.8, 4) is 0 Å². The Morgan fingerprint density at radius 1 is 0.886 bits per heavy atom. The van der Waals surface area contributed by atoms with Crippen molar-refractivity contribution in [1.29, 1.82) is 0 Å². The molecule has 0 aromatic heterocycles. The molecule has 3 N–H and O–H groups in total. The third-order valence-corrected chi connectivity index (χ3v) is 9.29. The molecule has 0 radical (unpaired) electrons. The first-order valence-corrected chi connectivity index (χ1v) is 16.7. The van der Waals surface area contributed by atoms with Gasteiger partial charge >= 0.3 is 0 Å². The molecular weight excluding hydrogens is 558 g/mol. The normalized spacial score (nSPS) is 22.2. The van der Waals surface area contributed by atoms with Crippen LogP contribution in [0.5, 0.6) is 0 Å². The summed E-state index contributed by atoms with van der Waals surface area (Å²) in [5.41, 5.74) is -0.0655. The maximum atomic E-state index is 14.1. The molecule has 5 atom stereocenters. The van der Waals surface area contributed by atoms with Gasteiger partial charge in [-0.3, -0.25) is 24.1 Å². The average molecular weight is 620 g/mol. The van der Waals surface area contributed by atoms with E-state index in [2.05, 4.69) is 29.4 Å². The number of hydrogen-bond donors (Lipinski definition) is 3. The Morgan fingerprint density at radius 2 is 1.48 bits per heavy atom. The molecule has 2 saturated heterocycles. The van der Waals surface area contributed by atoms with E-state index in [-0.39, 0.29) is 60.2 Å². The molecule has 0 aromatic rings. The number of piperidine rings is 1. The zero-order chi connectivity index (χ0) is 33.5. The molecule has 10 nitrogen and oxygen atoms in total. The van der Waals surface area contributed by atoms with E-state index in [0.29, 0.717) is 18.5 Å². The number of hydrogen-bond acceptors (Lipinski definition) is 6. The fourth-order valence-electron chi connectivity index (χ4n) is 6.38. The second-order valence-electron chi connectivity index (χ2n) is 14.9. The lowest BCUT2D eigenvalue weighted by molar-refractivity contribution is -0.142. The molecule has 2 aliphatic heterocycles. The van der Waals surface area contributed by atoms with Gasteiger partial charge in [-0.15, -0.1) is 0 Å². The van der Waals surface area contributed by atoms with Gasteiger partial charge in [-0.25, -0.2) is 0 Å². The fourth-order valence-corrected chi connectivity index (χ4v) is 6.38. The first kappa shape index (κ1) is 37.7. The summed E-state index contributed by atoms with van der Waals surface area (Å²) in [5, 5.41) is 15.7. The Hall–Kier alpha value is -2.46. The summed E-state index contributed by atoms with van der Waals surface area (Å²) >= 11 is 0. The molecule has 44 heavy (non-hydrogen) atoms.